The smallest absolute Gasteiger partial charge is 0.272 e. The fourth-order valence-electron chi connectivity index (χ4n) is 2.06. The molecular weight excluding hydrogens is 260 g/mol. The van der Waals surface area contributed by atoms with Gasteiger partial charge in [-0.2, -0.15) is 4.31 Å². The van der Waals surface area contributed by atoms with E-state index in [1.165, 1.54) is 4.31 Å². The Labute approximate surface area is 105 Å². The Bertz CT molecular complexity index is 499. The van der Waals surface area contributed by atoms with Gasteiger partial charge in [-0.1, -0.05) is 18.3 Å². The van der Waals surface area contributed by atoms with Crippen LogP contribution in [-0.4, -0.2) is 35.5 Å². The zero-order chi connectivity index (χ0) is 12.6. The summed E-state index contributed by atoms with van der Waals surface area (Å²) in [6, 6.07) is -0.00104. The molecule has 0 aliphatic carbocycles. The van der Waals surface area contributed by atoms with E-state index in [1.807, 2.05) is 6.92 Å². The molecule has 1 aromatic heterocycles. The van der Waals surface area contributed by atoms with Crippen molar-refractivity contribution in [2.75, 3.05) is 12.3 Å². The van der Waals surface area contributed by atoms with Gasteiger partial charge in [0.2, 0.25) is 9.47 Å². The molecule has 1 fully saturated rings. The third kappa shape index (κ3) is 2.29. The lowest BCUT2D eigenvalue weighted by atomic mass is 9.94. The van der Waals surface area contributed by atoms with Gasteiger partial charge < -0.3 is 5.73 Å². The number of nitrogen functional groups attached to an aromatic ring is 1. The van der Waals surface area contributed by atoms with Crippen molar-refractivity contribution < 1.29 is 8.42 Å². The first-order valence-corrected chi connectivity index (χ1v) is 7.79. The van der Waals surface area contributed by atoms with Gasteiger partial charge in [0.15, 0.2) is 0 Å². The normalized spacial score (nSPS) is 27.2. The number of rotatable bonds is 2. The van der Waals surface area contributed by atoms with Gasteiger partial charge >= 0.3 is 0 Å². The van der Waals surface area contributed by atoms with Crippen molar-refractivity contribution in [2.24, 2.45) is 5.92 Å². The molecule has 1 aliphatic heterocycles. The van der Waals surface area contributed by atoms with Crippen LogP contribution in [0.1, 0.15) is 26.7 Å². The predicted octanol–water partition coefficient (Wildman–Crippen LogP) is 0.929. The number of hydrogen-bond acceptors (Lipinski definition) is 6. The second kappa shape index (κ2) is 4.51. The van der Waals surface area contributed by atoms with Crippen LogP contribution < -0.4 is 5.73 Å². The van der Waals surface area contributed by atoms with Crippen molar-refractivity contribution in [3.05, 3.63) is 0 Å². The first-order valence-electron chi connectivity index (χ1n) is 5.53. The first-order chi connectivity index (χ1) is 7.93. The molecule has 2 heterocycles. The second-order valence-corrected chi connectivity index (χ2v) is 7.46. The first kappa shape index (κ1) is 12.7. The number of anilines is 1. The molecule has 6 nitrogen and oxygen atoms in total. The molecule has 0 spiro atoms. The third-order valence-corrected chi connectivity index (χ3v) is 6.35. The van der Waals surface area contributed by atoms with Gasteiger partial charge in [0.25, 0.3) is 10.0 Å². The van der Waals surface area contributed by atoms with Gasteiger partial charge in [0.05, 0.1) is 0 Å². The molecule has 8 heteroatoms. The van der Waals surface area contributed by atoms with Crippen LogP contribution in [0.3, 0.4) is 0 Å². The highest BCUT2D eigenvalue weighted by molar-refractivity contribution is 7.91. The maximum absolute atomic E-state index is 12.3. The standard InChI is InChI=1S/C9H16N4O2S2/c1-6-4-3-5-13(7(6)2)17(14,15)9-12-11-8(10)16-9/h6-7H,3-5H2,1-2H3,(H2,10,11). The summed E-state index contributed by atoms with van der Waals surface area (Å²) in [5.74, 6) is 0.365. The molecular formula is C9H16N4O2S2. The van der Waals surface area contributed by atoms with Crippen LogP contribution >= 0.6 is 11.3 Å². The Morgan fingerprint density at radius 3 is 2.71 bits per heavy atom. The van der Waals surface area contributed by atoms with Gasteiger partial charge in [-0.15, -0.1) is 10.2 Å². The Kier molecular flexibility index (Phi) is 3.37. The largest absolute Gasteiger partial charge is 0.374 e. The number of nitrogens with zero attached hydrogens (tertiary/aromatic N) is 3. The van der Waals surface area contributed by atoms with Crippen LogP contribution in [0.2, 0.25) is 0 Å². The lowest BCUT2D eigenvalue weighted by Crippen LogP contribution is -2.45. The number of nitrogens with two attached hydrogens (primary N) is 1. The minimum Gasteiger partial charge on any atom is -0.374 e. The highest BCUT2D eigenvalue weighted by Gasteiger charge is 2.36. The fourth-order valence-corrected chi connectivity index (χ4v) is 4.73. The molecule has 96 valence electrons. The van der Waals surface area contributed by atoms with E-state index < -0.39 is 10.0 Å². The van der Waals surface area contributed by atoms with Gasteiger partial charge in [-0.3, -0.25) is 0 Å². The minimum atomic E-state index is -3.53. The highest BCUT2D eigenvalue weighted by atomic mass is 32.2. The van der Waals surface area contributed by atoms with E-state index in [-0.39, 0.29) is 15.5 Å². The van der Waals surface area contributed by atoms with E-state index in [1.54, 1.807) is 0 Å². The van der Waals surface area contributed by atoms with Crippen LogP contribution in [0.15, 0.2) is 4.34 Å². The van der Waals surface area contributed by atoms with E-state index in [0.717, 1.165) is 24.2 Å². The molecule has 0 radical (unpaired) electrons. The topological polar surface area (TPSA) is 89.2 Å². The Morgan fingerprint density at radius 2 is 2.12 bits per heavy atom. The SMILES string of the molecule is CC1CCCN(S(=O)(=O)c2nnc(N)s2)C1C. The summed E-state index contributed by atoms with van der Waals surface area (Å²) < 4.78 is 26.2. The molecule has 0 bridgehead atoms. The van der Waals surface area contributed by atoms with Crippen molar-refractivity contribution >= 4 is 26.5 Å². The number of piperidine rings is 1. The molecule has 0 aromatic carbocycles. The second-order valence-electron chi connectivity index (χ2n) is 4.38. The number of sulfonamides is 1. The third-order valence-electron chi connectivity index (χ3n) is 3.27. The maximum atomic E-state index is 12.3. The lowest BCUT2D eigenvalue weighted by molar-refractivity contribution is 0.202. The summed E-state index contributed by atoms with van der Waals surface area (Å²) in [5.41, 5.74) is 5.43. The summed E-state index contributed by atoms with van der Waals surface area (Å²) in [7, 11) is -3.53. The number of hydrogen-bond donors (Lipinski definition) is 1. The van der Waals surface area contributed by atoms with Gasteiger partial charge in [0, 0.05) is 12.6 Å². The van der Waals surface area contributed by atoms with Gasteiger partial charge in [-0.05, 0) is 25.7 Å². The summed E-state index contributed by atoms with van der Waals surface area (Å²) in [5, 5.41) is 7.38. The molecule has 1 saturated heterocycles. The Morgan fingerprint density at radius 1 is 1.41 bits per heavy atom. The van der Waals surface area contributed by atoms with Crippen molar-refractivity contribution in [2.45, 2.75) is 37.1 Å². The van der Waals surface area contributed by atoms with Crippen LogP contribution in [0.4, 0.5) is 5.13 Å². The molecule has 2 atom stereocenters. The van der Waals surface area contributed by atoms with Crippen LogP contribution in [0.5, 0.6) is 0 Å². The van der Waals surface area contributed by atoms with E-state index in [4.69, 9.17) is 5.73 Å². The van der Waals surface area contributed by atoms with Crippen molar-refractivity contribution in [1.82, 2.24) is 14.5 Å². The molecule has 2 rings (SSSR count). The monoisotopic (exact) mass is 276 g/mol. The van der Waals surface area contributed by atoms with Crippen molar-refractivity contribution in [1.29, 1.82) is 0 Å². The van der Waals surface area contributed by atoms with Crippen LogP contribution in [0, 0.1) is 5.92 Å². The van der Waals surface area contributed by atoms with E-state index in [9.17, 15) is 8.42 Å². The summed E-state index contributed by atoms with van der Waals surface area (Å²) >= 11 is 0.918. The maximum Gasteiger partial charge on any atom is 0.272 e. The molecule has 2 N–H and O–H groups in total. The molecule has 1 aromatic rings. The van der Waals surface area contributed by atoms with Crippen molar-refractivity contribution in [3.8, 4) is 0 Å². The molecule has 0 amide bonds. The quantitative estimate of drug-likeness (QED) is 0.868. The average Bonchev–Trinajstić information content (AvgIpc) is 2.69. The average molecular weight is 276 g/mol. The summed E-state index contributed by atoms with van der Waals surface area (Å²) in [4.78, 5) is 0. The molecule has 17 heavy (non-hydrogen) atoms. The molecule has 0 saturated carbocycles. The minimum absolute atomic E-state index is 0.00104. The summed E-state index contributed by atoms with van der Waals surface area (Å²) in [6.45, 7) is 4.56. The van der Waals surface area contributed by atoms with Gasteiger partial charge in [-0.25, -0.2) is 8.42 Å². The van der Waals surface area contributed by atoms with Crippen LogP contribution in [-0.2, 0) is 10.0 Å². The predicted molar refractivity (Wildman–Crippen MR) is 66.1 cm³/mol. The zero-order valence-electron chi connectivity index (χ0n) is 9.83. The fraction of sp³-hybridized carbons (Fsp3) is 0.778. The van der Waals surface area contributed by atoms with E-state index in [0.29, 0.717) is 12.5 Å². The molecule has 2 unspecified atom stereocenters. The summed E-state index contributed by atoms with van der Waals surface area (Å²) in [6.07, 6.45) is 1.95. The lowest BCUT2D eigenvalue weighted by Gasteiger charge is -2.35. The van der Waals surface area contributed by atoms with Crippen molar-refractivity contribution in [3.63, 3.8) is 0 Å². The van der Waals surface area contributed by atoms with E-state index >= 15 is 0 Å². The highest BCUT2D eigenvalue weighted by Crippen LogP contribution is 2.30. The molecule has 1 aliphatic rings. The zero-order valence-corrected chi connectivity index (χ0v) is 11.5. The van der Waals surface area contributed by atoms with Crippen LogP contribution in [0.25, 0.3) is 0 Å². The number of aromatic nitrogens is 2. The van der Waals surface area contributed by atoms with E-state index in [2.05, 4.69) is 17.1 Å². The Balaban J connectivity index is 2.32. The van der Waals surface area contributed by atoms with Gasteiger partial charge in [0.1, 0.15) is 0 Å². The Hall–Kier alpha value is -0.730.